The van der Waals surface area contributed by atoms with Crippen molar-refractivity contribution in [3.05, 3.63) is 100 Å². The normalized spacial score (nSPS) is 16.2. The van der Waals surface area contributed by atoms with Crippen LogP contribution >= 0.6 is 23.2 Å². The third-order valence-corrected chi connectivity index (χ3v) is 5.29. The number of carbonyl (C=O) groups excluding carboxylic acids is 1. The molecule has 1 aliphatic heterocycles. The van der Waals surface area contributed by atoms with Crippen LogP contribution in [0.3, 0.4) is 0 Å². The Kier molecular flexibility index (Phi) is 5.33. The van der Waals surface area contributed by atoms with Gasteiger partial charge in [0.1, 0.15) is 11.9 Å². The Bertz CT molecular complexity index is 1020. The van der Waals surface area contributed by atoms with Crippen molar-refractivity contribution in [2.75, 3.05) is 4.90 Å². The molecule has 1 N–H and O–H groups in total. The molecule has 28 heavy (non-hydrogen) atoms. The molecule has 3 aromatic rings. The summed E-state index contributed by atoms with van der Waals surface area (Å²) >= 11 is 12.2. The molecular formula is C22H17Cl2N3O. The largest absolute Gasteiger partial charge is 0.367 e. The molecular weight excluding hydrogens is 393 g/mol. The van der Waals surface area contributed by atoms with Crippen molar-refractivity contribution < 1.29 is 4.79 Å². The number of carbonyl (C=O) groups is 1. The summed E-state index contributed by atoms with van der Waals surface area (Å²) in [5, 5.41) is 4.17. The molecule has 140 valence electrons. The minimum absolute atomic E-state index is 0.345. The van der Waals surface area contributed by atoms with Crippen LogP contribution in [0.2, 0.25) is 10.0 Å². The molecule has 3 aromatic carbocycles. The Hall–Kier alpha value is -2.82. The first kappa shape index (κ1) is 18.5. The van der Waals surface area contributed by atoms with Gasteiger partial charge in [0.05, 0.1) is 10.0 Å². The molecule has 1 atom stereocenters. The van der Waals surface area contributed by atoms with E-state index in [-0.39, 0.29) is 12.1 Å². The number of benzene rings is 3. The summed E-state index contributed by atoms with van der Waals surface area (Å²) in [6.45, 7) is 0.575. The van der Waals surface area contributed by atoms with E-state index < -0.39 is 0 Å². The number of hydrogen-bond donors (Lipinski definition) is 1. The zero-order valence-electron chi connectivity index (χ0n) is 14.8. The van der Waals surface area contributed by atoms with Gasteiger partial charge in [-0.1, -0.05) is 83.9 Å². The lowest BCUT2D eigenvalue weighted by atomic mass is 10.0. The standard InChI is InChI=1S/C22H17Cl2N3O/c23-18-12-11-17(13-19(18)24)27-20(16-9-5-2-6-10-16)21(26-22(27)28)25-14-15-7-3-1-4-8-15/h1-13,20H,14H2,(H,25,26,28). The Morgan fingerprint density at radius 2 is 1.57 bits per heavy atom. The van der Waals surface area contributed by atoms with Crippen LogP contribution in [0.5, 0.6) is 0 Å². The van der Waals surface area contributed by atoms with Crippen LogP contribution in [-0.4, -0.2) is 11.9 Å². The predicted molar refractivity (Wildman–Crippen MR) is 114 cm³/mol. The average Bonchev–Trinajstić information content (AvgIpc) is 3.06. The maximum Gasteiger partial charge on any atom is 0.350 e. The first-order valence-corrected chi connectivity index (χ1v) is 9.58. The lowest BCUT2D eigenvalue weighted by Gasteiger charge is -2.26. The van der Waals surface area contributed by atoms with Gasteiger partial charge in [-0.25, -0.2) is 4.79 Å². The van der Waals surface area contributed by atoms with Crippen molar-refractivity contribution >= 4 is 40.8 Å². The smallest absolute Gasteiger partial charge is 0.350 e. The number of amidine groups is 1. The second-order valence-electron chi connectivity index (χ2n) is 6.40. The molecule has 6 heteroatoms. The van der Waals surface area contributed by atoms with Crippen molar-refractivity contribution in [1.29, 1.82) is 0 Å². The molecule has 0 saturated carbocycles. The van der Waals surface area contributed by atoms with Gasteiger partial charge in [0.2, 0.25) is 0 Å². The highest BCUT2D eigenvalue weighted by Gasteiger charge is 2.37. The van der Waals surface area contributed by atoms with Crippen molar-refractivity contribution in [3.8, 4) is 0 Å². The molecule has 4 nitrogen and oxygen atoms in total. The fraction of sp³-hybridized carbons (Fsp3) is 0.0909. The maximum absolute atomic E-state index is 12.8. The van der Waals surface area contributed by atoms with Crippen LogP contribution in [0.1, 0.15) is 17.2 Å². The van der Waals surface area contributed by atoms with Crippen LogP contribution in [0, 0.1) is 0 Å². The molecule has 2 amide bonds. The Balaban J connectivity index is 1.68. The molecule has 0 aromatic heterocycles. The molecule has 1 heterocycles. The number of rotatable bonds is 4. The zero-order valence-corrected chi connectivity index (χ0v) is 16.4. The quantitative estimate of drug-likeness (QED) is 0.585. The first-order valence-electron chi connectivity index (χ1n) is 8.83. The van der Waals surface area contributed by atoms with Crippen LogP contribution in [-0.2, 0) is 6.54 Å². The fourth-order valence-electron chi connectivity index (χ4n) is 3.21. The SMILES string of the molecule is O=C1N=C(NCc2ccccc2)C(c2ccccc2)N1c1ccc(Cl)c(Cl)c1. The summed E-state index contributed by atoms with van der Waals surface area (Å²) in [5.74, 6) is 0.603. The van der Waals surface area contributed by atoms with Crippen LogP contribution in [0.4, 0.5) is 10.5 Å². The molecule has 0 saturated heterocycles. The zero-order chi connectivity index (χ0) is 19.5. The number of amides is 2. The molecule has 0 bridgehead atoms. The molecule has 1 unspecified atom stereocenters. The van der Waals surface area contributed by atoms with E-state index in [1.54, 1.807) is 23.1 Å². The van der Waals surface area contributed by atoms with Crippen molar-refractivity contribution in [1.82, 2.24) is 5.32 Å². The molecule has 4 rings (SSSR count). The van der Waals surface area contributed by atoms with Crippen LogP contribution in [0.15, 0.2) is 83.9 Å². The Morgan fingerprint density at radius 1 is 0.893 bits per heavy atom. The predicted octanol–water partition coefficient (Wildman–Crippen LogP) is 5.86. The molecule has 0 spiro atoms. The van der Waals surface area contributed by atoms with Crippen molar-refractivity contribution in [2.45, 2.75) is 12.6 Å². The number of halogens is 2. The number of nitrogens with one attached hydrogen (secondary N) is 1. The number of anilines is 1. The van der Waals surface area contributed by atoms with E-state index in [1.165, 1.54) is 0 Å². The van der Waals surface area contributed by atoms with E-state index in [0.717, 1.165) is 11.1 Å². The summed E-state index contributed by atoms with van der Waals surface area (Å²) in [5.41, 5.74) is 2.71. The fourth-order valence-corrected chi connectivity index (χ4v) is 3.50. The number of hydrogen-bond acceptors (Lipinski definition) is 2. The van der Waals surface area contributed by atoms with Gasteiger partial charge in [-0.15, -0.1) is 0 Å². The summed E-state index contributed by atoms with van der Waals surface area (Å²) in [6, 6.07) is 24.2. The second kappa shape index (κ2) is 8.05. The number of aliphatic imine (C=N–C) groups is 1. The van der Waals surface area contributed by atoms with Gasteiger partial charge in [-0.2, -0.15) is 4.99 Å². The Labute approximate surface area is 173 Å². The van der Waals surface area contributed by atoms with Gasteiger partial charge >= 0.3 is 6.03 Å². The lowest BCUT2D eigenvalue weighted by molar-refractivity contribution is 0.255. The monoisotopic (exact) mass is 409 g/mol. The van der Waals surface area contributed by atoms with Gasteiger partial charge in [0.15, 0.2) is 0 Å². The highest BCUT2D eigenvalue weighted by atomic mass is 35.5. The molecule has 0 fully saturated rings. The highest BCUT2D eigenvalue weighted by molar-refractivity contribution is 6.42. The minimum atomic E-state index is -0.366. The summed E-state index contributed by atoms with van der Waals surface area (Å²) in [4.78, 5) is 18.7. The summed E-state index contributed by atoms with van der Waals surface area (Å²) in [6.07, 6.45) is 0. The van der Waals surface area contributed by atoms with Gasteiger partial charge < -0.3 is 5.32 Å². The van der Waals surface area contributed by atoms with E-state index in [2.05, 4.69) is 10.3 Å². The highest BCUT2D eigenvalue weighted by Crippen LogP contribution is 2.36. The van der Waals surface area contributed by atoms with E-state index in [4.69, 9.17) is 23.2 Å². The first-order chi connectivity index (χ1) is 13.6. The van der Waals surface area contributed by atoms with E-state index >= 15 is 0 Å². The Morgan fingerprint density at radius 3 is 2.25 bits per heavy atom. The summed E-state index contributed by atoms with van der Waals surface area (Å²) < 4.78 is 0. The number of nitrogens with zero attached hydrogens (tertiary/aromatic N) is 2. The van der Waals surface area contributed by atoms with E-state index in [0.29, 0.717) is 28.1 Å². The van der Waals surface area contributed by atoms with Gasteiger partial charge in [0, 0.05) is 12.2 Å². The third kappa shape index (κ3) is 3.75. The van der Waals surface area contributed by atoms with Gasteiger partial charge in [0.25, 0.3) is 0 Å². The summed E-state index contributed by atoms with van der Waals surface area (Å²) in [7, 11) is 0. The topological polar surface area (TPSA) is 44.7 Å². The second-order valence-corrected chi connectivity index (χ2v) is 7.21. The average molecular weight is 410 g/mol. The van der Waals surface area contributed by atoms with Gasteiger partial charge in [-0.3, -0.25) is 4.90 Å². The van der Waals surface area contributed by atoms with Gasteiger partial charge in [-0.05, 0) is 29.3 Å². The van der Waals surface area contributed by atoms with Crippen LogP contribution < -0.4 is 10.2 Å². The van der Waals surface area contributed by atoms with Crippen LogP contribution in [0.25, 0.3) is 0 Å². The number of urea groups is 1. The van der Waals surface area contributed by atoms with Crippen molar-refractivity contribution in [2.24, 2.45) is 4.99 Å². The van der Waals surface area contributed by atoms with E-state index in [9.17, 15) is 4.79 Å². The molecule has 0 aliphatic carbocycles. The van der Waals surface area contributed by atoms with Crippen molar-refractivity contribution in [3.63, 3.8) is 0 Å². The maximum atomic E-state index is 12.8. The molecule has 1 aliphatic rings. The minimum Gasteiger partial charge on any atom is -0.367 e. The molecule has 0 radical (unpaired) electrons. The van der Waals surface area contributed by atoms with E-state index in [1.807, 2.05) is 60.7 Å². The third-order valence-electron chi connectivity index (χ3n) is 4.55. The lowest BCUT2D eigenvalue weighted by Crippen LogP contribution is -2.36.